The molecule has 2 fully saturated rings. The van der Waals surface area contributed by atoms with Crippen LogP contribution >= 0.6 is 11.6 Å². The molecule has 116 valence electrons. The number of rotatable bonds is 1. The topological polar surface area (TPSA) is 40.2 Å². The van der Waals surface area contributed by atoms with Gasteiger partial charge < -0.3 is 4.90 Å². The van der Waals surface area contributed by atoms with Gasteiger partial charge in [0.2, 0.25) is 5.79 Å². The molecule has 6 heteroatoms. The standard InChI is InChI=1S/C15H20ClNO4/c16-13-6-5-7-14(10-13)17-11-18-20-15(21-19-12-17)8-3-1-2-4-9-15/h5-7,10H,1-4,8-9,11-12H2. The minimum atomic E-state index is -0.753. The van der Waals surface area contributed by atoms with E-state index in [0.717, 1.165) is 31.4 Å². The highest BCUT2D eigenvalue weighted by Gasteiger charge is 2.37. The number of benzene rings is 1. The third-order valence-corrected chi connectivity index (χ3v) is 4.11. The third kappa shape index (κ3) is 3.87. The van der Waals surface area contributed by atoms with E-state index in [4.69, 9.17) is 31.2 Å². The molecule has 1 spiro atoms. The summed E-state index contributed by atoms with van der Waals surface area (Å²) in [6, 6.07) is 7.48. The maximum atomic E-state index is 6.00. The molecule has 0 atom stereocenters. The van der Waals surface area contributed by atoms with Crippen LogP contribution in [0.5, 0.6) is 0 Å². The lowest BCUT2D eigenvalue weighted by Gasteiger charge is -2.34. The quantitative estimate of drug-likeness (QED) is 0.732. The van der Waals surface area contributed by atoms with Crippen molar-refractivity contribution in [2.45, 2.75) is 44.3 Å². The molecular weight excluding hydrogens is 294 g/mol. The van der Waals surface area contributed by atoms with Gasteiger partial charge in [-0.05, 0) is 31.0 Å². The summed E-state index contributed by atoms with van der Waals surface area (Å²) < 4.78 is 0. The largest absolute Gasteiger partial charge is 0.320 e. The second-order valence-electron chi connectivity index (χ2n) is 5.51. The van der Waals surface area contributed by atoms with Crippen molar-refractivity contribution in [1.29, 1.82) is 0 Å². The van der Waals surface area contributed by atoms with Gasteiger partial charge in [0.1, 0.15) is 0 Å². The summed E-state index contributed by atoms with van der Waals surface area (Å²) in [5, 5.41) is 0.664. The fourth-order valence-corrected chi connectivity index (χ4v) is 2.89. The van der Waals surface area contributed by atoms with E-state index in [9.17, 15) is 0 Å². The smallest absolute Gasteiger partial charge is 0.234 e. The molecule has 1 aliphatic carbocycles. The third-order valence-electron chi connectivity index (χ3n) is 3.88. The van der Waals surface area contributed by atoms with Crippen molar-refractivity contribution >= 4 is 17.3 Å². The Morgan fingerprint density at radius 3 is 2.24 bits per heavy atom. The summed E-state index contributed by atoms with van der Waals surface area (Å²) >= 11 is 6.00. The highest BCUT2D eigenvalue weighted by Crippen LogP contribution is 2.33. The SMILES string of the molecule is Clc1cccc(N2COOC3(CCCCCC3)OOC2)c1. The molecule has 5 nitrogen and oxygen atoms in total. The Morgan fingerprint density at radius 2 is 1.62 bits per heavy atom. The molecule has 0 aromatic heterocycles. The van der Waals surface area contributed by atoms with E-state index in [1.807, 2.05) is 29.2 Å². The fourth-order valence-electron chi connectivity index (χ4n) is 2.70. The summed E-state index contributed by atoms with van der Waals surface area (Å²) in [7, 11) is 0. The normalized spacial score (nSPS) is 23.4. The minimum absolute atomic E-state index is 0.269. The van der Waals surface area contributed by atoms with Gasteiger partial charge in [-0.1, -0.05) is 30.5 Å². The maximum Gasteiger partial charge on any atom is 0.234 e. The van der Waals surface area contributed by atoms with Crippen molar-refractivity contribution < 1.29 is 19.6 Å². The first-order chi connectivity index (χ1) is 10.3. The highest BCUT2D eigenvalue weighted by atomic mass is 35.5. The first-order valence-electron chi connectivity index (χ1n) is 7.39. The van der Waals surface area contributed by atoms with Crippen molar-refractivity contribution in [3.8, 4) is 0 Å². The van der Waals surface area contributed by atoms with Gasteiger partial charge in [0, 0.05) is 23.6 Å². The fraction of sp³-hybridized carbons (Fsp3) is 0.600. The number of anilines is 1. The second-order valence-corrected chi connectivity index (χ2v) is 5.94. The molecule has 0 bridgehead atoms. The summed E-state index contributed by atoms with van der Waals surface area (Å²) in [5.74, 6) is -0.753. The van der Waals surface area contributed by atoms with Crippen LogP contribution in [0.2, 0.25) is 5.02 Å². The molecule has 0 N–H and O–H groups in total. The summed E-state index contributed by atoms with van der Waals surface area (Å²) in [6.45, 7) is 0.539. The zero-order valence-corrected chi connectivity index (χ0v) is 12.7. The predicted octanol–water partition coefficient (Wildman–Crippen LogP) is 4.02. The summed E-state index contributed by atoms with van der Waals surface area (Å²) in [5.41, 5.74) is 0.895. The molecule has 1 heterocycles. The molecule has 1 aromatic carbocycles. The maximum absolute atomic E-state index is 6.00. The van der Waals surface area contributed by atoms with E-state index in [0.29, 0.717) is 5.02 Å². The second kappa shape index (κ2) is 6.94. The first kappa shape index (κ1) is 15.1. The summed E-state index contributed by atoms with van der Waals surface area (Å²) in [4.78, 5) is 23.8. The van der Waals surface area contributed by atoms with Gasteiger partial charge in [0.15, 0.2) is 13.5 Å². The molecule has 1 saturated carbocycles. The Morgan fingerprint density at radius 1 is 0.952 bits per heavy atom. The number of nitrogens with zero attached hydrogens (tertiary/aromatic N) is 1. The lowest BCUT2D eigenvalue weighted by atomic mass is 10.1. The average Bonchev–Trinajstić information content (AvgIpc) is 2.69. The van der Waals surface area contributed by atoms with Gasteiger partial charge in [0.05, 0.1) is 0 Å². The molecule has 0 radical (unpaired) electrons. The first-order valence-corrected chi connectivity index (χ1v) is 7.77. The van der Waals surface area contributed by atoms with Crippen LogP contribution in [0, 0.1) is 0 Å². The lowest BCUT2D eigenvalue weighted by Crippen LogP contribution is -2.42. The number of hydrogen-bond acceptors (Lipinski definition) is 5. The monoisotopic (exact) mass is 313 g/mol. The molecule has 1 aromatic rings. The number of halogens is 1. The van der Waals surface area contributed by atoms with Gasteiger partial charge >= 0.3 is 0 Å². The summed E-state index contributed by atoms with van der Waals surface area (Å²) in [6.07, 6.45) is 6.11. The molecule has 1 aliphatic heterocycles. The average molecular weight is 314 g/mol. The van der Waals surface area contributed by atoms with Crippen LogP contribution in [0.15, 0.2) is 24.3 Å². The zero-order chi connectivity index (χ0) is 14.5. The van der Waals surface area contributed by atoms with Crippen LogP contribution in [-0.2, 0) is 19.6 Å². The Kier molecular flexibility index (Phi) is 4.98. The van der Waals surface area contributed by atoms with E-state index in [-0.39, 0.29) is 13.5 Å². The van der Waals surface area contributed by atoms with Gasteiger partial charge in [-0.3, -0.25) is 0 Å². The van der Waals surface area contributed by atoms with E-state index in [1.165, 1.54) is 12.8 Å². The van der Waals surface area contributed by atoms with Crippen LogP contribution in [-0.4, -0.2) is 19.2 Å². The Hall–Kier alpha value is -0.850. The van der Waals surface area contributed by atoms with Crippen molar-refractivity contribution in [3.05, 3.63) is 29.3 Å². The van der Waals surface area contributed by atoms with E-state index < -0.39 is 5.79 Å². The molecular formula is C15H20ClNO4. The van der Waals surface area contributed by atoms with Crippen LogP contribution in [0.4, 0.5) is 5.69 Å². The number of hydrogen-bond donors (Lipinski definition) is 0. The van der Waals surface area contributed by atoms with Gasteiger partial charge in [0.25, 0.3) is 0 Å². The lowest BCUT2D eigenvalue weighted by molar-refractivity contribution is -0.524. The molecule has 2 aliphatic rings. The van der Waals surface area contributed by atoms with Crippen LogP contribution in [0.3, 0.4) is 0 Å². The minimum Gasteiger partial charge on any atom is -0.320 e. The Balaban J connectivity index is 1.63. The molecule has 1 saturated heterocycles. The van der Waals surface area contributed by atoms with Gasteiger partial charge in [-0.25, -0.2) is 9.78 Å². The molecule has 0 amide bonds. The van der Waals surface area contributed by atoms with Crippen LogP contribution in [0.1, 0.15) is 38.5 Å². The Bertz CT molecular complexity index is 451. The zero-order valence-electron chi connectivity index (χ0n) is 11.9. The van der Waals surface area contributed by atoms with Crippen molar-refractivity contribution in [3.63, 3.8) is 0 Å². The van der Waals surface area contributed by atoms with Crippen molar-refractivity contribution in [2.24, 2.45) is 0 Å². The predicted molar refractivity (Wildman–Crippen MR) is 78.4 cm³/mol. The van der Waals surface area contributed by atoms with Crippen molar-refractivity contribution in [1.82, 2.24) is 0 Å². The van der Waals surface area contributed by atoms with E-state index in [1.54, 1.807) is 0 Å². The van der Waals surface area contributed by atoms with Gasteiger partial charge in [-0.2, -0.15) is 9.78 Å². The molecule has 0 unspecified atom stereocenters. The Labute approximate surface area is 129 Å². The van der Waals surface area contributed by atoms with Crippen molar-refractivity contribution in [2.75, 3.05) is 18.4 Å². The van der Waals surface area contributed by atoms with Crippen LogP contribution in [0.25, 0.3) is 0 Å². The van der Waals surface area contributed by atoms with E-state index in [2.05, 4.69) is 0 Å². The van der Waals surface area contributed by atoms with E-state index >= 15 is 0 Å². The highest BCUT2D eigenvalue weighted by molar-refractivity contribution is 6.30. The molecule has 3 rings (SSSR count). The molecule has 21 heavy (non-hydrogen) atoms. The van der Waals surface area contributed by atoms with Crippen LogP contribution < -0.4 is 4.90 Å². The van der Waals surface area contributed by atoms with Gasteiger partial charge in [-0.15, -0.1) is 0 Å².